The van der Waals surface area contributed by atoms with Gasteiger partial charge in [0, 0.05) is 72.1 Å². The molecule has 11 heteroatoms. The summed E-state index contributed by atoms with van der Waals surface area (Å²) in [6.45, 7) is 14.5. The summed E-state index contributed by atoms with van der Waals surface area (Å²) in [6.07, 6.45) is 11.5. The van der Waals surface area contributed by atoms with Gasteiger partial charge in [0.25, 0.3) is 21.9 Å². The molecule has 10 nitrogen and oxygen atoms in total. The van der Waals surface area contributed by atoms with Crippen molar-refractivity contribution in [2.24, 2.45) is 0 Å². The summed E-state index contributed by atoms with van der Waals surface area (Å²) in [6, 6.07) is 19.5. The molecule has 4 aromatic rings. The quantitative estimate of drug-likeness (QED) is 0.0529. The van der Waals surface area contributed by atoms with Crippen LogP contribution in [-0.4, -0.2) is 59.2 Å². The number of allylic oxidation sites excluding steroid dienone is 6. The van der Waals surface area contributed by atoms with E-state index in [1.54, 1.807) is 12.1 Å². The molecule has 2 amide bonds. The van der Waals surface area contributed by atoms with E-state index in [-0.39, 0.29) is 29.6 Å². The van der Waals surface area contributed by atoms with Crippen LogP contribution in [0.4, 0.5) is 11.4 Å². The first-order valence-corrected chi connectivity index (χ1v) is 20.6. The van der Waals surface area contributed by atoms with Crippen LogP contribution in [-0.2, 0) is 40.2 Å². The molecular formula is C45H48N3O7S+. The zero-order valence-corrected chi connectivity index (χ0v) is 33.6. The molecule has 0 bridgehead atoms. The van der Waals surface area contributed by atoms with Crippen LogP contribution in [0.2, 0.25) is 0 Å². The van der Waals surface area contributed by atoms with Crippen molar-refractivity contribution in [2.45, 2.75) is 89.4 Å². The Morgan fingerprint density at radius 1 is 0.839 bits per heavy atom. The van der Waals surface area contributed by atoms with Crippen molar-refractivity contribution in [1.82, 2.24) is 5.06 Å². The van der Waals surface area contributed by atoms with E-state index in [0.29, 0.717) is 29.8 Å². The third-order valence-corrected chi connectivity index (χ3v) is 12.4. The number of hydrogen-bond acceptors (Lipinski definition) is 7. The highest BCUT2D eigenvalue weighted by atomic mass is 32.2. The van der Waals surface area contributed by atoms with E-state index in [0.717, 1.165) is 28.9 Å². The minimum Gasteiger partial charge on any atom is -0.344 e. The van der Waals surface area contributed by atoms with Crippen molar-refractivity contribution in [3.8, 4) is 0 Å². The van der Waals surface area contributed by atoms with Crippen LogP contribution in [0.25, 0.3) is 21.5 Å². The molecule has 3 heterocycles. The molecule has 0 unspecified atom stereocenters. The highest BCUT2D eigenvalue weighted by molar-refractivity contribution is 7.86. The van der Waals surface area contributed by atoms with E-state index in [9.17, 15) is 27.4 Å². The first-order valence-electron chi connectivity index (χ1n) is 19.2. The Morgan fingerprint density at radius 3 is 2.21 bits per heavy atom. The van der Waals surface area contributed by atoms with E-state index >= 15 is 0 Å². The topological polar surface area (TPSA) is 124 Å². The fourth-order valence-electron chi connectivity index (χ4n) is 8.88. The molecule has 3 aliphatic rings. The Hall–Kier alpha value is -5.39. The van der Waals surface area contributed by atoms with Gasteiger partial charge in [-0.15, -0.1) is 5.06 Å². The number of anilines is 1. The molecule has 0 aliphatic carbocycles. The highest BCUT2D eigenvalue weighted by Crippen LogP contribution is 2.51. The van der Waals surface area contributed by atoms with E-state index in [2.05, 4.69) is 99.6 Å². The number of rotatable bonds is 11. The Balaban J connectivity index is 1.19. The van der Waals surface area contributed by atoms with Crippen LogP contribution in [0.1, 0.15) is 83.4 Å². The summed E-state index contributed by atoms with van der Waals surface area (Å²) >= 11 is 0. The van der Waals surface area contributed by atoms with Gasteiger partial charge in [-0.2, -0.15) is 13.0 Å². The number of likely N-dealkylation sites (N-methyl/N-ethyl adjacent to an activating group) is 1. The third kappa shape index (κ3) is 6.66. The maximum Gasteiger partial charge on any atom is 0.333 e. The van der Waals surface area contributed by atoms with E-state index in [4.69, 9.17) is 4.84 Å². The summed E-state index contributed by atoms with van der Waals surface area (Å²) < 4.78 is 37.0. The number of unbranched alkanes of at least 4 members (excludes halogenated alkanes) is 1. The SMILES string of the molecule is CCN1C(=CC=CC=CC2=[N+](CCCCC(=O)ON3C(=O)CCC3=O)c3ccc4c(S(=O)(=O)O)cccc4c3C2(C)C)C(C)(C)c2c1ccc1c(C)cccc21. The molecule has 0 spiro atoms. The molecule has 1 N–H and O–H groups in total. The van der Waals surface area contributed by atoms with Crippen LogP contribution in [0.5, 0.6) is 0 Å². The second kappa shape index (κ2) is 14.6. The lowest BCUT2D eigenvalue weighted by Crippen LogP contribution is -2.32. The number of carbonyl (C=O) groups is 3. The van der Waals surface area contributed by atoms with Gasteiger partial charge >= 0.3 is 5.97 Å². The molecule has 3 aliphatic heterocycles. The minimum absolute atomic E-state index is 0.0313. The Labute approximate surface area is 328 Å². The van der Waals surface area contributed by atoms with Crippen molar-refractivity contribution in [1.29, 1.82) is 0 Å². The van der Waals surface area contributed by atoms with E-state index in [1.165, 1.54) is 39.4 Å². The molecule has 1 fully saturated rings. The maximum atomic E-state index is 12.5. The van der Waals surface area contributed by atoms with Gasteiger partial charge in [-0.25, -0.2) is 4.79 Å². The first kappa shape index (κ1) is 38.9. The maximum absolute atomic E-state index is 12.5. The second-order valence-corrected chi connectivity index (χ2v) is 17.1. The smallest absolute Gasteiger partial charge is 0.333 e. The highest BCUT2D eigenvalue weighted by Gasteiger charge is 2.46. The summed E-state index contributed by atoms with van der Waals surface area (Å²) in [5.74, 6) is -1.66. The summed E-state index contributed by atoms with van der Waals surface area (Å²) in [7, 11) is -4.47. The van der Waals surface area contributed by atoms with Crippen LogP contribution >= 0.6 is 0 Å². The minimum atomic E-state index is -4.47. The van der Waals surface area contributed by atoms with Gasteiger partial charge in [-0.3, -0.25) is 14.1 Å². The lowest BCUT2D eigenvalue weighted by atomic mass is 9.79. The Bertz CT molecular complexity index is 2550. The van der Waals surface area contributed by atoms with Crippen LogP contribution in [0.15, 0.2) is 102 Å². The van der Waals surface area contributed by atoms with Gasteiger partial charge in [0.05, 0.1) is 5.41 Å². The first-order chi connectivity index (χ1) is 26.6. The van der Waals surface area contributed by atoms with E-state index in [1.807, 2.05) is 24.3 Å². The summed E-state index contributed by atoms with van der Waals surface area (Å²) in [5, 5.41) is 4.29. The second-order valence-electron chi connectivity index (χ2n) is 15.7. The molecule has 1 saturated heterocycles. The average molecular weight is 775 g/mol. The molecule has 56 heavy (non-hydrogen) atoms. The van der Waals surface area contributed by atoms with Gasteiger partial charge in [0.2, 0.25) is 5.69 Å². The number of imide groups is 1. The van der Waals surface area contributed by atoms with Crippen molar-refractivity contribution < 1.29 is 36.8 Å². The number of nitrogens with zero attached hydrogens (tertiary/aromatic N) is 3. The van der Waals surface area contributed by atoms with Crippen molar-refractivity contribution in [3.05, 3.63) is 113 Å². The average Bonchev–Trinajstić information content (AvgIpc) is 3.67. The predicted octanol–water partition coefficient (Wildman–Crippen LogP) is 8.52. The largest absolute Gasteiger partial charge is 0.344 e. The Kier molecular flexibility index (Phi) is 10.1. The van der Waals surface area contributed by atoms with E-state index < -0.39 is 33.3 Å². The van der Waals surface area contributed by atoms with Gasteiger partial charge in [0.1, 0.15) is 11.4 Å². The molecule has 0 aromatic heterocycles. The fraction of sp³-hybridized carbons (Fsp3) is 0.333. The van der Waals surface area contributed by atoms with Gasteiger partial charge in [-0.1, -0.05) is 68.5 Å². The molecule has 0 saturated carbocycles. The van der Waals surface area contributed by atoms with Crippen molar-refractivity contribution in [3.63, 3.8) is 0 Å². The monoisotopic (exact) mass is 774 g/mol. The molecule has 7 rings (SSSR count). The lowest BCUT2D eigenvalue weighted by molar-refractivity contribution is -0.438. The number of aryl methyl sites for hydroxylation is 1. The summed E-state index contributed by atoms with van der Waals surface area (Å²) in [4.78, 5) is 43.7. The Morgan fingerprint density at radius 2 is 1.52 bits per heavy atom. The van der Waals surface area contributed by atoms with Gasteiger partial charge < -0.3 is 9.74 Å². The predicted molar refractivity (Wildman–Crippen MR) is 219 cm³/mol. The number of carbonyl (C=O) groups excluding carboxylic acids is 3. The normalized spacial score (nSPS) is 18.4. The number of hydroxylamine groups is 2. The van der Waals surface area contributed by atoms with Crippen LogP contribution in [0.3, 0.4) is 0 Å². The van der Waals surface area contributed by atoms with Gasteiger partial charge in [-0.05, 0) is 85.7 Å². The third-order valence-electron chi connectivity index (χ3n) is 11.5. The molecule has 0 atom stereocenters. The molecule has 0 radical (unpaired) electrons. The molecule has 4 aromatic carbocycles. The molecule has 290 valence electrons. The number of fused-ring (bicyclic) bond motifs is 6. The summed E-state index contributed by atoms with van der Waals surface area (Å²) in [5.41, 5.74) is 7.08. The number of amides is 2. The zero-order valence-electron chi connectivity index (χ0n) is 32.8. The zero-order chi connectivity index (χ0) is 40.2. The molecular weight excluding hydrogens is 727 g/mol. The number of hydrogen-bond donors (Lipinski definition) is 1. The van der Waals surface area contributed by atoms with Crippen LogP contribution in [0, 0.1) is 6.92 Å². The lowest BCUT2D eigenvalue weighted by Gasteiger charge is -2.26. The van der Waals surface area contributed by atoms with Gasteiger partial charge in [0.15, 0.2) is 5.71 Å². The fourth-order valence-corrected chi connectivity index (χ4v) is 9.59. The van der Waals surface area contributed by atoms with Crippen LogP contribution < -0.4 is 4.90 Å². The van der Waals surface area contributed by atoms with Crippen molar-refractivity contribution >= 4 is 66.5 Å². The number of benzene rings is 4. The standard InChI is InChI=1S/C45H47N3O7S/c1-7-46-34-24-22-30-29(2)15-13-16-32(30)42(34)44(3,4)37(46)19-9-8-10-20-38-45(5,6)43-33-17-14-18-36(56(52,53)54)31(33)23-25-35(43)47(38)28-12-11-21-41(51)55-48-39(49)26-27-40(48)50/h8-10,13-20,22-25H,7,11-12,21,26-28H2,1-6H3/p+1. The van der Waals surface area contributed by atoms with Crippen molar-refractivity contribution in [2.75, 3.05) is 18.0 Å².